The molecular weight excluding hydrogens is 362 g/mol. The molecule has 0 radical (unpaired) electrons. The first-order chi connectivity index (χ1) is 14.1. The van der Waals surface area contributed by atoms with Crippen LogP contribution in [0.5, 0.6) is 11.5 Å². The summed E-state index contributed by atoms with van der Waals surface area (Å²) >= 11 is 0. The number of benzene rings is 2. The maximum atomic E-state index is 11.1. The molecule has 1 atom stereocenters. The van der Waals surface area contributed by atoms with Gasteiger partial charge < -0.3 is 9.84 Å². The fourth-order valence-electron chi connectivity index (χ4n) is 3.58. The third-order valence-electron chi connectivity index (χ3n) is 5.08. The van der Waals surface area contributed by atoms with Gasteiger partial charge in [0, 0.05) is 28.3 Å². The Morgan fingerprint density at radius 1 is 1.03 bits per heavy atom. The minimum Gasteiger partial charge on any atom is -0.505 e. The van der Waals surface area contributed by atoms with E-state index in [4.69, 9.17) is 4.74 Å². The molecule has 0 amide bonds. The van der Waals surface area contributed by atoms with Gasteiger partial charge in [-0.05, 0) is 49.7 Å². The van der Waals surface area contributed by atoms with Gasteiger partial charge in [0.05, 0.1) is 13.3 Å². The van der Waals surface area contributed by atoms with Gasteiger partial charge in [0.15, 0.2) is 0 Å². The number of rotatable bonds is 5. The lowest BCUT2D eigenvalue weighted by Gasteiger charge is -2.19. The van der Waals surface area contributed by atoms with Gasteiger partial charge in [0.1, 0.15) is 23.1 Å². The Kier molecular flexibility index (Phi) is 5.04. The molecule has 5 nitrogen and oxygen atoms in total. The number of aryl methyl sites for hydroxylation is 2. The maximum absolute atomic E-state index is 11.1. The molecule has 0 fully saturated rings. The molecule has 0 bridgehead atoms. The molecule has 0 aliphatic rings. The number of aromatic nitrogens is 2. The van der Waals surface area contributed by atoms with Crippen LogP contribution in [-0.4, -0.2) is 17.2 Å². The van der Waals surface area contributed by atoms with Gasteiger partial charge in [-0.15, -0.1) is 0 Å². The number of ether oxygens (including phenoxy) is 1. The number of methoxy groups -OCH3 is 1. The molecule has 2 aromatic heterocycles. The molecule has 146 valence electrons. The number of H-pyrrole nitrogens is 1. The zero-order valence-electron chi connectivity index (χ0n) is 16.7. The monoisotopic (exact) mass is 386 g/mol. The number of phenolic OH excluding ortho intramolecular Hbond substituents is 1. The highest BCUT2D eigenvalue weighted by Crippen LogP contribution is 2.37. The van der Waals surface area contributed by atoms with Gasteiger partial charge >= 0.3 is 0 Å². The summed E-state index contributed by atoms with van der Waals surface area (Å²) in [7, 11) is 1.67. The van der Waals surface area contributed by atoms with Crippen molar-refractivity contribution < 1.29 is 14.8 Å². The van der Waals surface area contributed by atoms with Crippen LogP contribution in [0.25, 0.3) is 10.9 Å². The van der Waals surface area contributed by atoms with Gasteiger partial charge in [-0.25, -0.2) is 9.97 Å². The van der Waals surface area contributed by atoms with Gasteiger partial charge in [0.2, 0.25) is 0 Å². The van der Waals surface area contributed by atoms with Crippen LogP contribution in [0.2, 0.25) is 0 Å². The minimum atomic E-state index is -0.273. The number of hydrogen-bond donors (Lipinski definition) is 2. The Hall–Kier alpha value is -3.60. The molecular formula is C24H24N3O2+. The molecule has 0 saturated heterocycles. The van der Waals surface area contributed by atoms with Crippen LogP contribution in [0.3, 0.4) is 0 Å². The second kappa shape index (κ2) is 7.80. The number of aromatic hydroxyl groups is 1. The van der Waals surface area contributed by atoms with Crippen molar-refractivity contribution >= 4 is 16.7 Å². The number of pyridine rings is 2. The molecule has 29 heavy (non-hydrogen) atoms. The summed E-state index contributed by atoms with van der Waals surface area (Å²) in [4.78, 5) is 7.77. The molecule has 0 aliphatic heterocycles. The van der Waals surface area contributed by atoms with E-state index in [1.807, 2.05) is 74.6 Å². The van der Waals surface area contributed by atoms with E-state index in [0.29, 0.717) is 5.52 Å². The lowest BCUT2D eigenvalue weighted by atomic mass is 9.95. The Morgan fingerprint density at radius 3 is 2.59 bits per heavy atom. The number of hydrogen-bond acceptors (Lipinski definition) is 4. The SMILES string of the molecule is COc1ccc([C@@H](Nc2cccc[nH+]2)c2ccc3ccc(C)nc3c2O)cc1C. The second-order valence-electron chi connectivity index (χ2n) is 7.11. The fourth-order valence-corrected chi connectivity index (χ4v) is 3.58. The van der Waals surface area contributed by atoms with E-state index in [1.54, 1.807) is 7.11 Å². The molecule has 5 heteroatoms. The van der Waals surface area contributed by atoms with Crippen LogP contribution in [0, 0.1) is 13.8 Å². The molecule has 2 heterocycles. The Balaban J connectivity index is 1.87. The van der Waals surface area contributed by atoms with E-state index in [2.05, 4.69) is 21.4 Å². The Labute approximate surface area is 170 Å². The highest BCUT2D eigenvalue weighted by molar-refractivity contribution is 5.86. The highest BCUT2D eigenvalue weighted by Gasteiger charge is 2.25. The number of anilines is 1. The van der Waals surface area contributed by atoms with Crippen molar-refractivity contribution in [2.24, 2.45) is 0 Å². The van der Waals surface area contributed by atoms with Crippen molar-refractivity contribution in [1.29, 1.82) is 0 Å². The third-order valence-corrected chi connectivity index (χ3v) is 5.08. The van der Waals surface area contributed by atoms with E-state index < -0.39 is 0 Å². The quantitative estimate of drug-likeness (QED) is 0.527. The zero-order valence-corrected chi connectivity index (χ0v) is 16.7. The molecule has 0 aliphatic carbocycles. The highest BCUT2D eigenvalue weighted by atomic mass is 16.5. The van der Waals surface area contributed by atoms with E-state index in [9.17, 15) is 5.11 Å². The van der Waals surface area contributed by atoms with Crippen LogP contribution in [0.15, 0.2) is 66.9 Å². The number of nitrogens with one attached hydrogen (secondary N) is 2. The zero-order chi connectivity index (χ0) is 20.4. The van der Waals surface area contributed by atoms with Crippen molar-refractivity contribution in [2.75, 3.05) is 12.4 Å². The molecule has 0 saturated carbocycles. The predicted molar refractivity (Wildman–Crippen MR) is 114 cm³/mol. The first kappa shape index (κ1) is 18.7. The van der Waals surface area contributed by atoms with Crippen molar-refractivity contribution in [3.8, 4) is 11.5 Å². The molecule has 2 aromatic carbocycles. The lowest BCUT2D eigenvalue weighted by molar-refractivity contribution is -0.361. The summed E-state index contributed by atoms with van der Waals surface area (Å²) in [6.07, 6.45) is 1.86. The molecule has 0 unspecified atom stereocenters. The largest absolute Gasteiger partial charge is 0.505 e. The van der Waals surface area contributed by atoms with Gasteiger partial charge in [0.25, 0.3) is 5.82 Å². The summed E-state index contributed by atoms with van der Waals surface area (Å²) in [5.74, 6) is 1.87. The standard InChI is InChI=1S/C24H23N3O2/c1-15-14-18(10-12-20(15)29-3)22(27-21-6-4-5-13-25-21)19-11-9-17-8-7-16(2)26-23(17)24(19)28/h4-14,22,28H,1-3H3,(H,25,27)/p+1/t22-/m1/s1. The van der Waals surface area contributed by atoms with Crippen molar-refractivity contribution in [3.63, 3.8) is 0 Å². The van der Waals surface area contributed by atoms with Crippen LogP contribution < -0.4 is 15.0 Å². The van der Waals surface area contributed by atoms with E-state index in [-0.39, 0.29) is 11.8 Å². The summed E-state index contributed by atoms with van der Waals surface area (Å²) in [6, 6.07) is 19.5. The van der Waals surface area contributed by atoms with Gasteiger partial charge in [-0.1, -0.05) is 24.3 Å². The summed E-state index contributed by atoms with van der Waals surface area (Å²) in [5.41, 5.74) is 4.28. The number of nitrogens with zero attached hydrogens (tertiary/aromatic N) is 1. The van der Waals surface area contributed by atoms with Crippen LogP contribution in [0.4, 0.5) is 5.82 Å². The molecule has 0 spiro atoms. The van der Waals surface area contributed by atoms with Crippen molar-refractivity contribution in [1.82, 2.24) is 4.98 Å². The average Bonchev–Trinajstić information content (AvgIpc) is 2.74. The topological polar surface area (TPSA) is 68.5 Å². The number of phenols is 1. The maximum Gasteiger partial charge on any atom is 0.272 e. The Bertz CT molecular complexity index is 1160. The van der Waals surface area contributed by atoms with Gasteiger partial charge in [-0.3, -0.25) is 5.32 Å². The molecule has 3 N–H and O–H groups in total. The minimum absolute atomic E-state index is 0.188. The van der Waals surface area contributed by atoms with Gasteiger partial charge in [-0.2, -0.15) is 0 Å². The predicted octanol–water partition coefficient (Wildman–Crippen LogP) is 4.58. The van der Waals surface area contributed by atoms with Crippen LogP contribution in [0.1, 0.15) is 28.4 Å². The number of fused-ring (bicyclic) bond motifs is 1. The molecule has 4 aromatic rings. The lowest BCUT2D eigenvalue weighted by Crippen LogP contribution is -2.19. The van der Waals surface area contributed by atoms with E-state index >= 15 is 0 Å². The molecule has 4 rings (SSSR count). The normalized spacial score (nSPS) is 12.0. The first-order valence-corrected chi connectivity index (χ1v) is 9.54. The fraction of sp³-hybridized carbons (Fsp3) is 0.167. The number of aromatic amines is 1. The van der Waals surface area contributed by atoms with E-state index in [0.717, 1.165) is 39.3 Å². The summed E-state index contributed by atoms with van der Waals surface area (Å²) < 4.78 is 5.41. The smallest absolute Gasteiger partial charge is 0.272 e. The van der Waals surface area contributed by atoms with E-state index in [1.165, 1.54) is 0 Å². The summed E-state index contributed by atoms with van der Waals surface area (Å²) in [5, 5.41) is 15.5. The second-order valence-corrected chi connectivity index (χ2v) is 7.11. The average molecular weight is 386 g/mol. The van der Waals surface area contributed by atoms with Crippen molar-refractivity contribution in [3.05, 3.63) is 89.2 Å². The van der Waals surface area contributed by atoms with Crippen molar-refractivity contribution in [2.45, 2.75) is 19.9 Å². The van der Waals surface area contributed by atoms with Crippen LogP contribution in [-0.2, 0) is 0 Å². The van der Waals surface area contributed by atoms with Crippen LogP contribution >= 0.6 is 0 Å². The third kappa shape index (κ3) is 3.72. The summed E-state index contributed by atoms with van der Waals surface area (Å²) in [6.45, 7) is 3.94. The Morgan fingerprint density at radius 2 is 1.86 bits per heavy atom. The first-order valence-electron chi connectivity index (χ1n) is 9.54.